The molecule has 0 heterocycles. The Morgan fingerprint density at radius 2 is 1.63 bits per heavy atom. The lowest BCUT2D eigenvalue weighted by atomic mass is 9.75. The maximum absolute atomic E-state index is 2.68. The third-order valence-corrected chi connectivity index (χ3v) is 10.3. The van der Waals surface area contributed by atoms with Crippen molar-refractivity contribution < 1.29 is 5.48 Å². The molecule has 5 atom stereocenters. The van der Waals surface area contributed by atoms with Gasteiger partial charge < -0.3 is 5.48 Å². The minimum atomic E-state index is 0. The normalized spacial score (nSPS) is 25.3. The summed E-state index contributed by atoms with van der Waals surface area (Å²) < 4.78 is 0. The number of rotatable bonds is 15. The van der Waals surface area contributed by atoms with Crippen molar-refractivity contribution in [3.8, 4) is 0 Å². The Morgan fingerprint density at radius 3 is 2.22 bits per heavy atom. The van der Waals surface area contributed by atoms with E-state index in [-0.39, 0.29) is 5.48 Å². The van der Waals surface area contributed by atoms with Crippen LogP contribution >= 0.6 is 0 Å². The van der Waals surface area contributed by atoms with Crippen LogP contribution in [0.5, 0.6) is 0 Å². The van der Waals surface area contributed by atoms with E-state index in [1.54, 1.807) is 0 Å². The van der Waals surface area contributed by atoms with E-state index in [4.69, 9.17) is 0 Å². The Kier molecular flexibility index (Phi) is 19.5. The maximum Gasteiger partial charge on any atom is 0.00836 e. The van der Waals surface area contributed by atoms with Crippen LogP contribution in [0.15, 0.2) is 35.5 Å². The highest BCUT2D eigenvalue weighted by Gasteiger charge is 2.30. The second-order valence-corrected chi connectivity index (χ2v) is 15.6. The van der Waals surface area contributed by atoms with E-state index >= 15 is 0 Å². The predicted molar refractivity (Wildman–Crippen MR) is 185 cm³/mol. The van der Waals surface area contributed by atoms with Crippen LogP contribution in [0.25, 0.3) is 0 Å². The molecule has 0 aromatic heterocycles. The molecule has 1 saturated carbocycles. The molecule has 1 nitrogen and oxygen atoms in total. The molecule has 0 saturated heterocycles. The molecule has 0 spiro atoms. The van der Waals surface area contributed by atoms with Crippen LogP contribution in [-0.2, 0) is 0 Å². The molecule has 3 rings (SSSR count). The first-order valence-corrected chi connectivity index (χ1v) is 18.0. The maximum atomic E-state index is 2.68. The molecular weight excluding hydrogens is 496 g/mol. The highest BCUT2D eigenvalue weighted by Crippen LogP contribution is 2.43. The summed E-state index contributed by atoms with van der Waals surface area (Å²) in [4.78, 5) is 0. The van der Waals surface area contributed by atoms with Crippen LogP contribution in [0.3, 0.4) is 0 Å². The van der Waals surface area contributed by atoms with Crippen molar-refractivity contribution in [3.05, 3.63) is 41.9 Å². The highest BCUT2D eigenvalue weighted by molar-refractivity contribution is 5.33. The van der Waals surface area contributed by atoms with Gasteiger partial charge in [-0.1, -0.05) is 149 Å². The van der Waals surface area contributed by atoms with Gasteiger partial charge in [0, 0.05) is 6.42 Å². The molecule has 0 amide bonds. The lowest BCUT2D eigenvalue weighted by Crippen LogP contribution is -2.17. The monoisotopic (exact) mass is 570 g/mol. The van der Waals surface area contributed by atoms with Crippen LogP contribution in [0.1, 0.15) is 171 Å². The zero-order valence-electron chi connectivity index (χ0n) is 29.1. The Morgan fingerprint density at radius 1 is 0.854 bits per heavy atom. The molecule has 0 aromatic carbocycles. The van der Waals surface area contributed by atoms with Crippen LogP contribution in [0, 0.1) is 47.3 Å². The lowest BCUT2D eigenvalue weighted by Gasteiger charge is -2.30. The summed E-state index contributed by atoms with van der Waals surface area (Å²) in [6, 6.07) is 0. The number of hydrogen-bond acceptors (Lipinski definition) is 0. The summed E-state index contributed by atoms with van der Waals surface area (Å²) in [6.45, 7) is 19.2. The fourth-order valence-corrected chi connectivity index (χ4v) is 8.08. The summed E-state index contributed by atoms with van der Waals surface area (Å²) in [5, 5.41) is 0. The topological polar surface area (TPSA) is 31.5 Å². The number of hydrogen-bond donors (Lipinski definition) is 0. The fourth-order valence-electron chi connectivity index (χ4n) is 8.08. The van der Waals surface area contributed by atoms with Gasteiger partial charge in [-0.25, -0.2) is 0 Å². The van der Waals surface area contributed by atoms with Crippen molar-refractivity contribution in [1.82, 2.24) is 0 Å². The van der Waals surface area contributed by atoms with Crippen molar-refractivity contribution in [3.63, 3.8) is 0 Å². The first kappa shape index (κ1) is 38.2. The predicted octanol–water partition coefficient (Wildman–Crippen LogP) is 12.7. The van der Waals surface area contributed by atoms with Gasteiger partial charge in [0.15, 0.2) is 0 Å². The van der Waals surface area contributed by atoms with Crippen molar-refractivity contribution in [2.45, 2.75) is 171 Å². The first-order chi connectivity index (χ1) is 19.1. The second-order valence-electron chi connectivity index (χ2n) is 15.6. The van der Waals surface area contributed by atoms with E-state index in [2.05, 4.69) is 86.1 Å². The molecule has 1 fully saturated rings. The van der Waals surface area contributed by atoms with Crippen molar-refractivity contribution in [2.24, 2.45) is 40.9 Å². The van der Waals surface area contributed by atoms with Gasteiger partial charge in [0.1, 0.15) is 0 Å². The smallest absolute Gasteiger partial charge is 0.00836 e. The summed E-state index contributed by atoms with van der Waals surface area (Å²) in [7, 11) is 0. The molecule has 0 aromatic rings. The third-order valence-electron chi connectivity index (χ3n) is 10.3. The second kappa shape index (κ2) is 21.0. The van der Waals surface area contributed by atoms with E-state index in [0.717, 1.165) is 35.5 Å². The molecule has 41 heavy (non-hydrogen) atoms. The molecule has 239 valence electrons. The average Bonchev–Trinajstić information content (AvgIpc) is 3.38. The average molecular weight is 570 g/mol. The van der Waals surface area contributed by atoms with E-state index in [9.17, 15) is 0 Å². The standard InChI is InChI=1S/C27H50.C13H21.H2O/c1-7-8-23(11-9-21(2)3)17-24-13-15-25(16-14-24)18-26-12-10-22(4)19-27(5,6)20-26;1-3-5-8-12(4-2)11-13-9-6-7-10-13;/h15,21-24,26H,7-14,16-20H2,1-6H3;6-7,9-10,12H,3-5,8,11H2,1-2H3;1H2/t22?,23?,24?,26-;;/m0../s1. The molecule has 0 aliphatic heterocycles. The summed E-state index contributed by atoms with van der Waals surface area (Å²) in [5.74, 6) is 5.61. The molecule has 0 bridgehead atoms. The molecule has 1 heteroatoms. The number of allylic oxidation sites excluding steroid dienone is 6. The summed E-state index contributed by atoms with van der Waals surface area (Å²) in [5.41, 5.74) is 3.89. The van der Waals surface area contributed by atoms with Crippen molar-refractivity contribution in [1.29, 1.82) is 0 Å². The summed E-state index contributed by atoms with van der Waals surface area (Å²) in [6.07, 6.45) is 36.9. The van der Waals surface area contributed by atoms with E-state index < -0.39 is 0 Å². The molecule has 2 N–H and O–H groups in total. The van der Waals surface area contributed by atoms with E-state index in [0.29, 0.717) is 5.41 Å². The molecule has 4 unspecified atom stereocenters. The zero-order chi connectivity index (χ0) is 29.4. The zero-order valence-corrected chi connectivity index (χ0v) is 29.1. The minimum Gasteiger partial charge on any atom is -0.412 e. The van der Waals surface area contributed by atoms with Crippen LogP contribution < -0.4 is 0 Å². The molecule has 3 aliphatic carbocycles. The first-order valence-electron chi connectivity index (χ1n) is 18.0. The molecule has 3 aliphatic rings. The SMILES string of the molecule is CCCC(CCC(C)C)CC1CC=C(C[C@@H]2CCC(C)CC(C)(C)C2)CC1.CCCCC(CC)CC1=CC=C[CH]1.O. The van der Waals surface area contributed by atoms with Gasteiger partial charge in [0.25, 0.3) is 0 Å². The largest absolute Gasteiger partial charge is 0.412 e. The van der Waals surface area contributed by atoms with Gasteiger partial charge in [-0.3, -0.25) is 0 Å². The highest BCUT2D eigenvalue weighted by atomic mass is 16.0. The lowest BCUT2D eigenvalue weighted by molar-refractivity contribution is 0.245. The van der Waals surface area contributed by atoms with Crippen molar-refractivity contribution in [2.75, 3.05) is 0 Å². The van der Waals surface area contributed by atoms with Gasteiger partial charge in [0.05, 0.1) is 0 Å². The molecular formula is C40H73O. The number of unbranched alkanes of at least 4 members (excludes halogenated alkanes) is 1. The minimum absolute atomic E-state index is 0. The van der Waals surface area contributed by atoms with Crippen LogP contribution in [-0.4, -0.2) is 5.48 Å². The Bertz CT molecular complexity index is 753. The van der Waals surface area contributed by atoms with E-state index in [1.165, 1.54) is 121 Å². The Hall–Kier alpha value is -0.820. The van der Waals surface area contributed by atoms with Gasteiger partial charge in [-0.15, -0.1) is 0 Å². The van der Waals surface area contributed by atoms with Crippen LogP contribution in [0.2, 0.25) is 0 Å². The third kappa shape index (κ3) is 16.6. The Balaban J connectivity index is 0.000000505. The van der Waals surface area contributed by atoms with Gasteiger partial charge >= 0.3 is 0 Å². The Labute approximate surface area is 258 Å². The van der Waals surface area contributed by atoms with Crippen molar-refractivity contribution >= 4 is 0 Å². The van der Waals surface area contributed by atoms with E-state index in [1.807, 2.05) is 5.57 Å². The molecule has 1 radical (unpaired) electrons. The van der Waals surface area contributed by atoms with Gasteiger partial charge in [0.2, 0.25) is 0 Å². The van der Waals surface area contributed by atoms with Gasteiger partial charge in [-0.2, -0.15) is 0 Å². The summed E-state index contributed by atoms with van der Waals surface area (Å²) >= 11 is 0. The van der Waals surface area contributed by atoms with Gasteiger partial charge in [-0.05, 0) is 98.7 Å². The quantitative estimate of drug-likeness (QED) is 0.139. The van der Waals surface area contributed by atoms with Crippen LogP contribution in [0.4, 0.5) is 0 Å². The fraction of sp³-hybridized carbons (Fsp3) is 0.825.